The van der Waals surface area contributed by atoms with Crippen LogP contribution in [0.1, 0.15) is 16.7 Å². The standard InChI is InChI=1S/C15H13NO/c1-2-12-10-16-9-8-14(12)15(11-17-15)13-6-4-3-5-7-13/h2-10H,1,11H2. The first kappa shape index (κ1) is 10.2. The van der Waals surface area contributed by atoms with E-state index in [4.69, 9.17) is 4.74 Å². The zero-order valence-corrected chi connectivity index (χ0v) is 9.47. The van der Waals surface area contributed by atoms with Crippen LogP contribution in [0.15, 0.2) is 55.4 Å². The Morgan fingerprint density at radius 3 is 2.65 bits per heavy atom. The number of epoxide rings is 1. The molecule has 17 heavy (non-hydrogen) atoms. The number of benzene rings is 1. The number of rotatable bonds is 3. The lowest BCUT2D eigenvalue weighted by atomic mass is 9.89. The Bertz CT molecular complexity index is 544. The van der Waals surface area contributed by atoms with Crippen LogP contribution in [0.2, 0.25) is 0 Å². The molecule has 1 aromatic heterocycles. The topological polar surface area (TPSA) is 25.4 Å². The van der Waals surface area contributed by atoms with Gasteiger partial charge in [-0.3, -0.25) is 4.98 Å². The molecule has 0 spiro atoms. The van der Waals surface area contributed by atoms with Crippen molar-refractivity contribution in [1.29, 1.82) is 0 Å². The molecule has 2 heterocycles. The van der Waals surface area contributed by atoms with Crippen LogP contribution in [-0.2, 0) is 10.3 Å². The summed E-state index contributed by atoms with van der Waals surface area (Å²) in [7, 11) is 0. The first-order valence-electron chi connectivity index (χ1n) is 5.63. The minimum Gasteiger partial charge on any atom is -0.359 e. The van der Waals surface area contributed by atoms with Crippen molar-refractivity contribution in [3.63, 3.8) is 0 Å². The van der Waals surface area contributed by atoms with Crippen LogP contribution in [0.4, 0.5) is 0 Å². The summed E-state index contributed by atoms with van der Waals surface area (Å²) in [6.07, 6.45) is 5.46. The second kappa shape index (κ2) is 3.82. The van der Waals surface area contributed by atoms with Gasteiger partial charge in [-0.2, -0.15) is 0 Å². The maximum atomic E-state index is 5.74. The van der Waals surface area contributed by atoms with Crippen LogP contribution < -0.4 is 0 Å². The van der Waals surface area contributed by atoms with Gasteiger partial charge in [-0.25, -0.2) is 0 Å². The molecule has 2 aromatic rings. The van der Waals surface area contributed by atoms with Crippen LogP contribution >= 0.6 is 0 Å². The molecule has 1 aromatic carbocycles. The molecule has 84 valence electrons. The van der Waals surface area contributed by atoms with E-state index in [0.29, 0.717) is 0 Å². The van der Waals surface area contributed by atoms with E-state index >= 15 is 0 Å². The molecule has 0 N–H and O–H groups in total. The minimum absolute atomic E-state index is 0.284. The lowest BCUT2D eigenvalue weighted by Crippen LogP contribution is -2.12. The Morgan fingerprint density at radius 1 is 1.24 bits per heavy atom. The quantitative estimate of drug-likeness (QED) is 0.747. The molecule has 0 saturated carbocycles. The van der Waals surface area contributed by atoms with Crippen molar-refractivity contribution in [2.24, 2.45) is 0 Å². The van der Waals surface area contributed by atoms with E-state index in [1.54, 1.807) is 6.20 Å². The number of nitrogens with zero attached hydrogens (tertiary/aromatic N) is 1. The molecule has 2 heteroatoms. The van der Waals surface area contributed by atoms with Crippen molar-refractivity contribution in [3.8, 4) is 0 Å². The predicted molar refractivity (Wildman–Crippen MR) is 67.5 cm³/mol. The lowest BCUT2D eigenvalue weighted by molar-refractivity contribution is 0.348. The zero-order chi connectivity index (χ0) is 11.7. The largest absolute Gasteiger partial charge is 0.359 e. The van der Waals surface area contributed by atoms with Crippen LogP contribution in [0.25, 0.3) is 6.08 Å². The van der Waals surface area contributed by atoms with E-state index in [0.717, 1.165) is 17.7 Å². The van der Waals surface area contributed by atoms with Gasteiger partial charge >= 0.3 is 0 Å². The Morgan fingerprint density at radius 2 is 2.00 bits per heavy atom. The Kier molecular flexibility index (Phi) is 2.30. The number of hydrogen-bond donors (Lipinski definition) is 0. The van der Waals surface area contributed by atoms with Crippen molar-refractivity contribution in [3.05, 3.63) is 72.1 Å². The Balaban J connectivity index is 2.13. The molecule has 1 fully saturated rings. The smallest absolute Gasteiger partial charge is 0.142 e. The molecule has 3 rings (SSSR count). The van der Waals surface area contributed by atoms with Crippen molar-refractivity contribution < 1.29 is 4.74 Å². The highest BCUT2D eigenvalue weighted by Crippen LogP contribution is 2.46. The van der Waals surface area contributed by atoms with Gasteiger partial charge in [-0.1, -0.05) is 43.0 Å². The average molecular weight is 223 g/mol. The van der Waals surface area contributed by atoms with E-state index in [9.17, 15) is 0 Å². The fourth-order valence-corrected chi connectivity index (χ4v) is 2.19. The Hall–Kier alpha value is -1.93. The SMILES string of the molecule is C=Cc1cnccc1C1(c2ccccc2)CO1. The van der Waals surface area contributed by atoms with Crippen molar-refractivity contribution >= 4 is 6.08 Å². The molecule has 0 bridgehead atoms. The van der Waals surface area contributed by atoms with Gasteiger partial charge in [-0.05, 0) is 17.2 Å². The van der Waals surface area contributed by atoms with Gasteiger partial charge in [0.15, 0.2) is 0 Å². The van der Waals surface area contributed by atoms with E-state index in [-0.39, 0.29) is 5.60 Å². The van der Waals surface area contributed by atoms with Crippen LogP contribution in [-0.4, -0.2) is 11.6 Å². The van der Waals surface area contributed by atoms with Crippen molar-refractivity contribution in [2.75, 3.05) is 6.61 Å². The van der Waals surface area contributed by atoms with E-state index in [1.807, 2.05) is 36.5 Å². The number of aromatic nitrogens is 1. The molecule has 1 unspecified atom stereocenters. The van der Waals surface area contributed by atoms with Gasteiger partial charge < -0.3 is 4.74 Å². The van der Waals surface area contributed by atoms with Crippen LogP contribution in [0, 0.1) is 0 Å². The van der Waals surface area contributed by atoms with Gasteiger partial charge in [0.1, 0.15) is 5.60 Å². The summed E-state index contributed by atoms with van der Waals surface area (Å²) in [5.41, 5.74) is 3.09. The molecule has 1 aliphatic heterocycles. The monoisotopic (exact) mass is 223 g/mol. The van der Waals surface area contributed by atoms with Crippen molar-refractivity contribution in [2.45, 2.75) is 5.60 Å². The highest BCUT2D eigenvalue weighted by molar-refractivity contribution is 5.56. The lowest BCUT2D eigenvalue weighted by Gasteiger charge is -2.15. The summed E-state index contributed by atoms with van der Waals surface area (Å²) in [4.78, 5) is 4.12. The van der Waals surface area contributed by atoms with E-state index in [1.165, 1.54) is 5.56 Å². The molecular formula is C15H13NO. The average Bonchev–Trinajstić information content (AvgIpc) is 3.21. The molecule has 1 atom stereocenters. The third-order valence-electron chi connectivity index (χ3n) is 3.18. The number of hydrogen-bond acceptors (Lipinski definition) is 2. The van der Waals surface area contributed by atoms with Gasteiger partial charge in [0.2, 0.25) is 0 Å². The van der Waals surface area contributed by atoms with Crippen LogP contribution in [0.3, 0.4) is 0 Å². The maximum Gasteiger partial charge on any atom is 0.142 e. The van der Waals surface area contributed by atoms with Gasteiger partial charge in [0, 0.05) is 18.0 Å². The van der Waals surface area contributed by atoms with Gasteiger partial charge in [0.05, 0.1) is 6.61 Å². The van der Waals surface area contributed by atoms with Crippen molar-refractivity contribution in [1.82, 2.24) is 4.98 Å². The molecule has 0 radical (unpaired) electrons. The minimum atomic E-state index is -0.284. The fourth-order valence-electron chi connectivity index (χ4n) is 2.19. The second-order valence-electron chi connectivity index (χ2n) is 4.15. The highest BCUT2D eigenvalue weighted by Gasteiger charge is 2.49. The third-order valence-corrected chi connectivity index (χ3v) is 3.18. The van der Waals surface area contributed by atoms with E-state index in [2.05, 4.69) is 23.7 Å². The Labute approximate surface area is 101 Å². The number of ether oxygens (including phenoxy) is 1. The summed E-state index contributed by atoms with van der Waals surface area (Å²) in [6.45, 7) is 4.56. The van der Waals surface area contributed by atoms with E-state index < -0.39 is 0 Å². The highest BCUT2D eigenvalue weighted by atomic mass is 16.6. The fraction of sp³-hybridized carbons (Fsp3) is 0.133. The normalized spacial score (nSPS) is 22.1. The first-order valence-corrected chi connectivity index (χ1v) is 5.63. The molecule has 1 aliphatic rings. The first-order chi connectivity index (χ1) is 8.37. The van der Waals surface area contributed by atoms with Crippen LogP contribution in [0.5, 0.6) is 0 Å². The number of pyridine rings is 1. The molecule has 1 saturated heterocycles. The second-order valence-corrected chi connectivity index (χ2v) is 4.15. The zero-order valence-electron chi connectivity index (χ0n) is 9.47. The molecule has 0 amide bonds. The molecule has 2 nitrogen and oxygen atoms in total. The van der Waals surface area contributed by atoms with Gasteiger partial charge in [-0.15, -0.1) is 0 Å². The summed E-state index contributed by atoms with van der Waals surface area (Å²) < 4.78 is 5.74. The summed E-state index contributed by atoms with van der Waals surface area (Å²) in [5.74, 6) is 0. The summed E-state index contributed by atoms with van der Waals surface area (Å²) in [6, 6.07) is 12.3. The predicted octanol–water partition coefficient (Wildman–Crippen LogP) is 3.00. The molecular weight excluding hydrogens is 210 g/mol. The molecule has 0 aliphatic carbocycles. The van der Waals surface area contributed by atoms with Gasteiger partial charge in [0.25, 0.3) is 0 Å². The summed E-state index contributed by atoms with van der Waals surface area (Å²) in [5, 5.41) is 0. The maximum absolute atomic E-state index is 5.74. The summed E-state index contributed by atoms with van der Waals surface area (Å²) >= 11 is 0. The third kappa shape index (κ3) is 1.58.